The highest BCUT2D eigenvalue weighted by atomic mass is 16.7. The second-order valence-corrected chi connectivity index (χ2v) is 7.47. The van der Waals surface area contributed by atoms with Crippen LogP contribution in [-0.2, 0) is 20.8 Å². The van der Waals surface area contributed by atoms with Crippen molar-refractivity contribution >= 4 is 0 Å². The molecule has 2 saturated heterocycles. The lowest BCUT2D eigenvalue weighted by Crippen LogP contribution is -2.64. The van der Waals surface area contributed by atoms with Gasteiger partial charge in [-0.2, -0.15) is 0 Å². The number of aliphatic hydroxyl groups is 7. The molecule has 0 aliphatic carbocycles. The van der Waals surface area contributed by atoms with Crippen LogP contribution in [0.15, 0.2) is 30.3 Å². The number of benzene rings is 1. The van der Waals surface area contributed by atoms with Crippen molar-refractivity contribution in [1.29, 1.82) is 0 Å². The minimum Gasteiger partial charge on any atom is -0.394 e. The lowest BCUT2D eigenvalue weighted by molar-refractivity contribution is -0.318. The molecule has 8 N–H and O–H groups in total. The van der Waals surface area contributed by atoms with Gasteiger partial charge in [-0.25, -0.2) is 0 Å². The first kappa shape index (κ1) is 23.4. The number of rotatable bonds is 7. The van der Waals surface area contributed by atoms with E-state index >= 15 is 0 Å². The monoisotopic (exact) mass is 431 g/mol. The summed E-state index contributed by atoms with van der Waals surface area (Å²) in [7, 11) is 0. The first-order chi connectivity index (χ1) is 14.3. The van der Waals surface area contributed by atoms with E-state index < -0.39 is 74.6 Å². The second-order valence-electron chi connectivity index (χ2n) is 7.47. The topological polar surface area (TPSA) is 181 Å². The maximum atomic E-state index is 10.4. The molecule has 1 aromatic rings. The molecule has 2 heterocycles. The Balaban J connectivity index is 1.54. The van der Waals surface area contributed by atoms with Crippen LogP contribution in [0.4, 0.5) is 0 Å². The lowest BCUT2D eigenvalue weighted by Gasteiger charge is -2.43. The van der Waals surface area contributed by atoms with Crippen LogP contribution in [-0.4, -0.2) is 110 Å². The van der Waals surface area contributed by atoms with E-state index in [2.05, 4.69) is 5.32 Å². The summed E-state index contributed by atoms with van der Waals surface area (Å²) in [5.41, 5.74) is 0.916. The van der Waals surface area contributed by atoms with Crippen molar-refractivity contribution in [1.82, 2.24) is 5.32 Å². The average Bonchev–Trinajstić information content (AvgIpc) is 2.75. The predicted octanol–water partition coefficient (Wildman–Crippen LogP) is -3.60. The SMILES string of the molecule is OC[C@H]1O[C@H](OC[C@H]2OC(O)[C@H](NCc3ccccc3)[C@@H](O)[C@@H]2O)[C@H](O)[C@@H](O)[C@@H]1O. The van der Waals surface area contributed by atoms with Crippen molar-refractivity contribution < 1.29 is 50.0 Å². The van der Waals surface area contributed by atoms with Crippen LogP contribution in [0.5, 0.6) is 0 Å². The van der Waals surface area contributed by atoms with Crippen molar-refractivity contribution in [3.8, 4) is 0 Å². The highest BCUT2D eigenvalue weighted by molar-refractivity contribution is 5.14. The largest absolute Gasteiger partial charge is 0.394 e. The van der Waals surface area contributed by atoms with Crippen molar-refractivity contribution in [2.75, 3.05) is 13.2 Å². The maximum Gasteiger partial charge on any atom is 0.186 e. The highest BCUT2D eigenvalue weighted by Gasteiger charge is 2.47. The molecule has 0 radical (unpaired) electrons. The van der Waals surface area contributed by atoms with Crippen LogP contribution in [0.1, 0.15) is 5.56 Å². The van der Waals surface area contributed by atoms with Crippen LogP contribution in [0.2, 0.25) is 0 Å². The normalized spacial score (nSPS) is 42.2. The summed E-state index contributed by atoms with van der Waals surface area (Å²) in [5.74, 6) is 0. The number of hydrogen-bond donors (Lipinski definition) is 8. The van der Waals surface area contributed by atoms with Crippen molar-refractivity contribution in [3.63, 3.8) is 0 Å². The molecule has 30 heavy (non-hydrogen) atoms. The molecule has 0 amide bonds. The lowest BCUT2D eigenvalue weighted by atomic mass is 9.96. The van der Waals surface area contributed by atoms with Gasteiger partial charge in [0, 0.05) is 6.54 Å². The summed E-state index contributed by atoms with van der Waals surface area (Å²) >= 11 is 0. The molecule has 0 saturated carbocycles. The van der Waals surface area contributed by atoms with Gasteiger partial charge in [-0.3, -0.25) is 0 Å². The van der Waals surface area contributed by atoms with Crippen LogP contribution in [0.3, 0.4) is 0 Å². The Morgan fingerprint density at radius 1 is 0.800 bits per heavy atom. The Bertz CT molecular complexity index is 649. The number of nitrogens with one attached hydrogen (secondary N) is 1. The molecule has 2 aliphatic rings. The fourth-order valence-corrected chi connectivity index (χ4v) is 3.53. The summed E-state index contributed by atoms with van der Waals surface area (Å²) < 4.78 is 15.9. The van der Waals surface area contributed by atoms with Gasteiger partial charge in [-0.1, -0.05) is 30.3 Å². The zero-order valence-electron chi connectivity index (χ0n) is 16.1. The van der Waals surface area contributed by atoms with Gasteiger partial charge in [0.05, 0.1) is 19.3 Å². The Kier molecular flexibility index (Phi) is 8.12. The van der Waals surface area contributed by atoms with Gasteiger partial charge in [0.15, 0.2) is 12.6 Å². The van der Waals surface area contributed by atoms with E-state index in [1.54, 1.807) is 0 Å². The molecule has 1 aromatic carbocycles. The molecule has 0 spiro atoms. The summed E-state index contributed by atoms with van der Waals surface area (Å²) in [5, 5.41) is 72.7. The smallest absolute Gasteiger partial charge is 0.186 e. The van der Waals surface area contributed by atoms with Crippen LogP contribution >= 0.6 is 0 Å². The van der Waals surface area contributed by atoms with Crippen LogP contribution < -0.4 is 5.32 Å². The molecule has 1 unspecified atom stereocenters. The Hall–Kier alpha value is -1.22. The van der Waals surface area contributed by atoms with Gasteiger partial charge in [0.25, 0.3) is 0 Å². The first-order valence-corrected chi connectivity index (χ1v) is 9.72. The van der Waals surface area contributed by atoms with Gasteiger partial charge in [0.2, 0.25) is 0 Å². The van der Waals surface area contributed by atoms with E-state index in [4.69, 9.17) is 14.2 Å². The number of hydrogen-bond acceptors (Lipinski definition) is 11. The summed E-state index contributed by atoms with van der Waals surface area (Å²) in [6.07, 6.45) is -12.7. The van der Waals surface area contributed by atoms with E-state index in [1.807, 2.05) is 30.3 Å². The van der Waals surface area contributed by atoms with E-state index in [0.717, 1.165) is 5.56 Å². The molecule has 11 heteroatoms. The minimum absolute atomic E-state index is 0.335. The second kappa shape index (κ2) is 10.4. The molecular formula is C19H29NO10. The van der Waals surface area contributed by atoms with Gasteiger partial charge < -0.3 is 55.3 Å². The highest BCUT2D eigenvalue weighted by Crippen LogP contribution is 2.25. The number of ether oxygens (including phenoxy) is 3. The fourth-order valence-electron chi connectivity index (χ4n) is 3.53. The average molecular weight is 431 g/mol. The van der Waals surface area contributed by atoms with Gasteiger partial charge in [-0.15, -0.1) is 0 Å². The standard InChI is InChI=1S/C19H29NO10/c21-7-10-13(22)16(25)17(26)19(30-10)28-8-11-14(23)15(24)12(18(27)29-11)20-6-9-4-2-1-3-5-9/h1-5,10-27H,6-8H2/t10-,11-,12-,13-,14-,15-,16+,17-,18?,19+/m1/s1. The molecule has 3 rings (SSSR count). The zero-order chi connectivity index (χ0) is 21.8. The Morgan fingerprint density at radius 2 is 1.47 bits per heavy atom. The maximum absolute atomic E-state index is 10.4. The molecule has 0 aromatic heterocycles. The van der Waals surface area contributed by atoms with Crippen LogP contribution in [0, 0.1) is 0 Å². The summed E-state index contributed by atoms with van der Waals surface area (Å²) in [4.78, 5) is 0. The fraction of sp³-hybridized carbons (Fsp3) is 0.684. The molecule has 170 valence electrons. The zero-order valence-corrected chi connectivity index (χ0v) is 16.1. The molecular weight excluding hydrogens is 402 g/mol. The first-order valence-electron chi connectivity index (χ1n) is 9.72. The Labute approximate surface area is 173 Å². The Morgan fingerprint density at radius 3 is 2.13 bits per heavy atom. The van der Waals surface area contributed by atoms with Crippen molar-refractivity contribution in [3.05, 3.63) is 35.9 Å². The third-order valence-corrected chi connectivity index (χ3v) is 5.38. The van der Waals surface area contributed by atoms with Gasteiger partial charge >= 0.3 is 0 Å². The molecule has 0 bridgehead atoms. The minimum atomic E-state index is -1.61. The van der Waals surface area contributed by atoms with Crippen molar-refractivity contribution in [2.45, 2.75) is 67.9 Å². The third kappa shape index (κ3) is 5.15. The van der Waals surface area contributed by atoms with Crippen LogP contribution in [0.25, 0.3) is 0 Å². The number of aliphatic hydroxyl groups excluding tert-OH is 7. The van der Waals surface area contributed by atoms with E-state index in [1.165, 1.54) is 0 Å². The molecule has 10 atom stereocenters. The molecule has 11 nitrogen and oxygen atoms in total. The molecule has 2 fully saturated rings. The molecule has 2 aliphatic heterocycles. The quantitative estimate of drug-likeness (QED) is 0.214. The van der Waals surface area contributed by atoms with Gasteiger partial charge in [0.1, 0.15) is 42.7 Å². The summed E-state index contributed by atoms with van der Waals surface area (Å²) in [6.45, 7) is -0.676. The van der Waals surface area contributed by atoms with E-state index in [9.17, 15) is 35.7 Å². The van der Waals surface area contributed by atoms with E-state index in [0.29, 0.717) is 6.54 Å². The predicted molar refractivity (Wildman–Crippen MR) is 99.7 cm³/mol. The summed E-state index contributed by atoms with van der Waals surface area (Å²) in [6, 6.07) is 8.33. The third-order valence-electron chi connectivity index (χ3n) is 5.38. The van der Waals surface area contributed by atoms with Crippen molar-refractivity contribution in [2.24, 2.45) is 0 Å². The van der Waals surface area contributed by atoms with Gasteiger partial charge in [-0.05, 0) is 5.56 Å². The van der Waals surface area contributed by atoms with E-state index in [-0.39, 0.29) is 0 Å².